The van der Waals surface area contributed by atoms with E-state index in [1.807, 2.05) is 0 Å². The van der Waals surface area contributed by atoms with Crippen LogP contribution in [-0.4, -0.2) is 43.7 Å². The summed E-state index contributed by atoms with van der Waals surface area (Å²) in [5, 5.41) is 7.98. The quantitative estimate of drug-likeness (QED) is 0.473. The number of benzene rings is 1. The molecule has 26 heavy (non-hydrogen) atoms. The number of hydroxylamine groups is 2. The molecule has 1 heterocycles. The molecule has 0 spiro atoms. The van der Waals surface area contributed by atoms with E-state index in [9.17, 15) is 27.6 Å². The van der Waals surface area contributed by atoms with Crippen LogP contribution in [0.5, 0.6) is 0 Å². The van der Waals surface area contributed by atoms with Crippen molar-refractivity contribution in [3.8, 4) is 0 Å². The van der Waals surface area contributed by atoms with Crippen LogP contribution in [0.1, 0.15) is 36.0 Å². The van der Waals surface area contributed by atoms with Gasteiger partial charge in [0.2, 0.25) is 10.0 Å². The third kappa shape index (κ3) is 5.10. The minimum absolute atomic E-state index is 0.0203. The second kappa shape index (κ2) is 8.06. The first-order valence-corrected chi connectivity index (χ1v) is 9.21. The van der Waals surface area contributed by atoms with E-state index < -0.39 is 33.7 Å². The van der Waals surface area contributed by atoms with E-state index in [1.165, 1.54) is 24.3 Å². The maximum Gasteiger partial charge on any atom is 0.333 e. The molecule has 1 aliphatic rings. The minimum Gasteiger partial charge on any atom is -0.352 e. The molecule has 11 heteroatoms. The Morgan fingerprint density at radius 2 is 1.69 bits per heavy atom. The van der Waals surface area contributed by atoms with E-state index in [1.54, 1.807) is 0 Å². The Bertz CT molecular complexity index is 817. The van der Waals surface area contributed by atoms with Gasteiger partial charge in [0.15, 0.2) is 0 Å². The molecular formula is C15H17N3O7S. The third-order valence-corrected chi connectivity index (χ3v) is 4.42. The topological polar surface area (TPSA) is 153 Å². The summed E-state index contributed by atoms with van der Waals surface area (Å²) in [5.74, 6) is -2.32. The number of hydrogen-bond acceptors (Lipinski definition) is 7. The first kappa shape index (κ1) is 19.5. The average molecular weight is 383 g/mol. The smallest absolute Gasteiger partial charge is 0.333 e. The van der Waals surface area contributed by atoms with Crippen LogP contribution in [0.2, 0.25) is 0 Å². The maximum absolute atomic E-state index is 11.9. The van der Waals surface area contributed by atoms with Crippen LogP contribution in [0.25, 0.3) is 0 Å². The summed E-state index contributed by atoms with van der Waals surface area (Å²) in [7, 11) is -3.83. The fourth-order valence-electron chi connectivity index (χ4n) is 2.14. The van der Waals surface area contributed by atoms with Crippen molar-refractivity contribution in [1.29, 1.82) is 0 Å². The van der Waals surface area contributed by atoms with Crippen molar-refractivity contribution in [1.82, 2.24) is 10.4 Å². The largest absolute Gasteiger partial charge is 0.352 e. The van der Waals surface area contributed by atoms with Crippen LogP contribution < -0.4 is 10.5 Å². The summed E-state index contributed by atoms with van der Waals surface area (Å²) >= 11 is 0. The monoisotopic (exact) mass is 383 g/mol. The van der Waals surface area contributed by atoms with Crippen LogP contribution in [0.3, 0.4) is 0 Å². The summed E-state index contributed by atoms with van der Waals surface area (Å²) in [6, 6.07) is 5.05. The van der Waals surface area contributed by atoms with Crippen LogP contribution >= 0.6 is 0 Å². The minimum atomic E-state index is -3.83. The predicted octanol–water partition coefficient (Wildman–Crippen LogP) is -0.549. The van der Waals surface area contributed by atoms with Crippen molar-refractivity contribution in [3.63, 3.8) is 0 Å². The highest BCUT2D eigenvalue weighted by Gasteiger charge is 2.32. The van der Waals surface area contributed by atoms with Gasteiger partial charge >= 0.3 is 5.97 Å². The zero-order chi connectivity index (χ0) is 19.3. The normalized spacial score (nSPS) is 14.4. The number of hydrogen-bond donors (Lipinski definition) is 2. The number of imide groups is 1. The maximum atomic E-state index is 11.9. The van der Waals surface area contributed by atoms with Gasteiger partial charge in [-0.1, -0.05) is 0 Å². The molecule has 0 aromatic heterocycles. The van der Waals surface area contributed by atoms with Gasteiger partial charge < -0.3 is 10.2 Å². The molecule has 140 valence electrons. The Balaban J connectivity index is 1.74. The van der Waals surface area contributed by atoms with E-state index in [4.69, 9.17) is 5.14 Å². The molecular weight excluding hydrogens is 366 g/mol. The van der Waals surface area contributed by atoms with Crippen molar-refractivity contribution in [2.45, 2.75) is 30.6 Å². The number of primary sulfonamides is 1. The number of carbonyl (C=O) groups excluding carboxylic acids is 4. The lowest BCUT2D eigenvalue weighted by atomic mass is 10.2. The highest BCUT2D eigenvalue weighted by molar-refractivity contribution is 7.89. The van der Waals surface area contributed by atoms with Gasteiger partial charge in [-0.15, -0.1) is 5.06 Å². The Morgan fingerprint density at radius 3 is 2.23 bits per heavy atom. The van der Waals surface area contributed by atoms with Gasteiger partial charge in [-0.05, 0) is 30.7 Å². The van der Waals surface area contributed by atoms with Crippen molar-refractivity contribution in [2.24, 2.45) is 5.14 Å². The fraction of sp³-hybridized carbons (Fsp3) is 0.333. The fourth-order valence-corrected chi connectivity index (χ4v) is 2.65. The molecule has 0 unspecified atom stereocenters. The zero-order valence-electron chi connectivity index (χ0n) is 13.6. The molecule has 1 aliphatic heterocycles. The molecule has 2 rings (SSSR count). The number of sulfonamides is 1. The van der Waals surface area contributed by atoms with Gasteiger partial charge in [0.05, 0.1) is 4.90 Å². The van der Waals surface area contributed by atoms with Gasteiger partial charge in [0.25, 0.3) is 17.7 Å². The molecule has 0 bridgehead atoms. The predicted molar refractivity (Wildman–Crippen MR) is 86.6 cm³/mol. The SMILES string of the molecule is NS(=O)(=O)c1ccc(C(=O)NCCCC(=O)ON2C(=O)CCC2=O)cc1. The highest BCUT2D eigenvalue weighted by Crippen LogP contribution is 2.13. The Labute approximate surface area is 149 Å². The molecule has 1 aromatic carbocycles. The summed E-state index contributed by atoms with van der Waals surface area (Å²) in [5.41, 5.74) is 0.230. The van der Waals surface area contributed by atoms with E-state index in [0.29, 0.717) is 5.06 Å². The van der Waals surface area contributed by atoms with Crippen LogP contribution in [0.4, 0.5) is 0 Å². The molecule has 0 atom stereocenters. The number of nitrogens with two attached hydrogens (primary N) is 1. The lowest BCUT2D eigenvalue weighted by molar-refractivity contribution is -0.197. The summed E-state index contributed by atoms with van der Waals surface area (Å²) in [4.78, 5) is 50.7. The van der Waals surface area contributed by atoms with E-state index in [-0.39, 0.29) is 42.7 Å². The second-order valence-corrected chi connectivity index (χ2v) is 7.04. The first-order valence-electron chi connectivity index (χ1n) is 7.66. The molecule has 10 nitrogen and oxygen atoms in total. The summed E-state index contributed by atoms with van der Waals surface area (Å²) in [6.45, 7) is 0.146. The lowest BCUT2D eigenvalue weighted by Gasteiger charge is -2.12. The van der Waals surface area contributed by atoms with Crippen LogP contribution in [-0.2, 0) is 29.2 Å². The van der Waals surface area contributed by atoms with E-state index in [2.05, 4.69) is 10.2 Å². The third-order valence-electron chi connectivity index (χ3n) is 3.49. The van der Waals surface area contributed by atoms with Crippen LogP contribution in [0, 0.1) is 0 Å². The van der Waals surface area contributed by atoms with Crippen LogP contribution in [0.15, 0.2) is 29.2 Å². The molecule has 0 aliphatic carbocycles. The Kier molecular flexibility index (Phi) is 6.05. The molecule has 3 amide bonds. The number of nitrogens with zero attached hydrogens (tertiary/aromatic N) is 1. The molecule has 1 saturated heterocycles. The lowest BCUT2D eigenvalue weighted by Crippen LogP contribution is -2.32. The molecule has 3 N–H and O–H groups in total. The first-order chi connectivity index (χ1) is 12.2. The zero-order valence-corrected chi connectivity index (χ0v) is 14.5. The number of amides is 3. The average Bonchev–Trinajstić information content (AvgIpc) is 2.90. The number of carbonyl (C=O) groups is 4. The van der Waals surface area contributed by atoms with Crippen molar-refractivity contribution in [2.75, 3.05) is 6.54 Å². The Morgan fingerprint density at radius 1 is 1.12 bits per heavy atom. The van der Waals surface area contributed by atoms with Gasteiger partial charge in [-0.25, -0.2) is 18.4 Å². The summed E-state index contributed by atoms with van der Waals surface area (Å²) in [6.07, 6.45) is 0.177. The molecule has 1 aromatic rings. The number of nitrogens with one attached hydrogen (secondary N) is 1. The number of rotatable bonds is 7. The molecule has 0 saturated carbocycles. The molecule has 1 fully saturated rings. The molecule has 0 radical (unpaired) electrons. The van der Waals surface area contributed by atoms with Gasteiger partial charge in [-0.3, -0.25) is 14.4 Å². The van der Waals surface area contributed by atoms with Gasteiger partial charge in [0.1, 0.15) is 0 Å². The summed E-state index contributed by atoms with van der Waals surface area (Å²) < 4.78 is 22.3. The highest BCUT2D eigenvalue weighted by atomic mass is 32.2. The van der Waals surface area contributed by atoms with Crippen molar-refractivity contribution in [3.05, 3.63) is 29.8 Å². The van der Waals surface area contributed by atoms with Gasteiger partial charge in [0, 0.05) is 31.4 Å². The van der Waals surface area contributed by atoms with Crippen molar-refractivity contribution < 1.29 is 32.4 Å². The van der Waals surface area contributed by atoms with Gasteiger partial charge in [-0.2, -0.15) is 0 Å². The van der Waals surface area contributed by atoms with E-state index >= 15 is 0 Å². The van der Waals surface area contributed by atoms with Crippen molar-refractivity contribution >= 4 is 33.7 Å². The Hall–Kier alpha value is -2.79. The standard InChI is InChI=1S/C15H17N3O7S/c16-26(23,24)11-5-3-10(4-6-11)15(22)17-9-1-2-14(21)25-18-12(19)7-8-13(18)20/h3-6H,1-2,7-9H2,(H,17,22)(H2,16,23,24). The second-order valence-electron chi connectivity index (χ2n) is 5.47. The van der Waals surface area contributed by atoms with E-state index in [0.717, 1.165) is 0 Å².